The Kier molecular flexibility index (Phi) is 30.6. The molecule has 0 fully saturated rings. The molecule has 11 atom stereocenters. The first-order chi connectivity index (χ1) is 37.4. The van der Waals surface area contributed by atoms with E-state index in [1.54, 1.807) is 6.92 Å². The molecule has 80 heavy (non-hydrogen) atoms. The Hall–Kier alpha value is -8.37. The number of carbonyl (C=O) groups excluding carboxylic acids is 10. The average molecular weight is 1160 g/mol. The van der Waals surface area contributed by atoms with E-state index in [1.807, 2.05) is 0 Å². The molecule has 33 nitrogen and oxygen atoms in total. The molecule has 0 aliphatic carbocycles. The van der Waals surface area contributed by atoms with E-state index in [0.29, 0.717) is 5.56 Å². The summed E-state index contributed by atoms with van der Waals surface area (Å²) >= 11 is 4.02. The van der Waals surface area contributed by atoms with E-state index in [2.05, 4.69) is 65.5 Å². The second kappa shape index (κ2) is 35.2. The van der Waals surface area contributed by atoms with Crippen molar-refractivity contribution in [2.45, 2.75) is 133 Å². The van der Waals surface area contributed by atoms with Gasteiger partial charge in [0.15, 0.2) is 5.96 Å². The van der Waals surface area contributed by atoms with Crippen LogP contribution in [0.15, 0.2) is 29.3 Å². The number of nitrogens with two attached hydrogens (primary N) is 4. The molecule has 23 N–H and O–H groups in total. The number of guanidine groups is 1. The van der Waals surface area contributed by atoms with Crippen LogP contribution in [0.2, 0.25) is 0 Å². The van der Waals surface area contributed by atoms with Crippen LogP contribution in [0.4, 0.5) is 0 Å². The van der Waals surface area contributed by atoms with Gasteiger partial charge < -0.3 is 101 Å². The lowest BCUT2D eigenvalue weighted by Crippen LogP contribution is -2.61. The van der Waals surface area contributed by atoms with E-state index in [1.165, 1.54) is 31.2 Å². The number of thiol groups is 1. The Morgan fingerprint density at radius 1 is 0.613 bits per heavy atom. The van der Waals surface area contributed by atoms with Crippen molar-refractivity contribution in [3.05, 3.63) is 29.8 Å². The van der Waals surface area contributed by atoms with Crippen molar-refractivity contribution in [1.29, 1.82) is 0 Å². The largest absolute Gasteiger partial charge is 0.508 e. The first-order valence-electron chi connectivity index (χ1n) is 24.6. The predicted molar refractivity (Wildman–Crippen MR) is 281 cm³/mol. The molecule has 1 aromatic carbocycles. The number of carbonyl (C=O) groups is 13. The number of nitrogens with zero attached hydrogens (tertiary/aromatic N) is 1. The third-order valence-electron chi connectivity index (χ3n) is 11.5. The Bertz CT molecular complexity index is 2390. The summed E-state index contributed by atoms with van der Waals surface area (Å²) in [6.45, 7) is 2.06. The first kappa shape index (κ1) is 69.6. The molecule has 10 amide bonds. The van der Waals surface area contributed by atoms with Crippen LogP contribution < -0.4 is 70.8 Å². The van der Waals surface area contributed by atoms with Crippen LogP contribution in [0.5, 0.6) is 5.75 Å². The zero-order chi connectivity index (χ0) is 61.0. The molecule has 0 bridgehead atoms. The molecule has 0 aliphatic heterocycles. The molecule has 0 heterocycles. The third kappa shape index (κ3) is 25.9. The number of aromatic hydroxyl groups is 1. The Balaban J connectivity index is 3.26. The lowest BCUT2D eigenvalue weighted by atomic mass is 9.97. The number of phenolic OH excluding ortho intramolecular Hbond substituents is 1. The lowest BCUT2D eigenvalue weighted by molar-refractivity contribution is -0.142. The molecule has 446 valence electrons. The molecule has 0 radical (unpaired) electrons. The second-order valence-electron chi connectivity index (χ2n) is 18.1. The molecule has 0 aromatic heterocycles. The van der Waals surface area contributed by atoms with Gasteiger partial charge in [-0.05, 0) is 49.8 Å². The van der Waals surface area contributed by atoms with Crippen LogP contribution in [0.1, 0.15) is 71.3 Å². The Labute approximate surface area is 462 Å². The number of phenols is 1. The number of primary amides is 1. The highest BCUT2D eigenvalue weighted by Crippen LogP contribution is 2.13. The van der Waals surface area contributed by atoms with Crippen LogP contribution in [0.3, 0.4) is 0 Å². The number of nitrogens with one attached hydrogen (secondary N) is 9. The zero-order valence-electron chi connectivity index (χ0n) is 43.8. The van der Waals surface area contributed by atoms with E-state index < -0.39 is 188 Å². The van der Waals surface area contributed by atoms with E-state index in [9.17, 15) is 87.9 Å². The van der Waals surface area contributed by atoms with Crippen LogP contribution in [0, 0.1) is 5.92 Å². The van der Waals surface area contributed by atoms with Gasteiger partial charge in [-0.3, -0.25) is 62.5 Å². The van der Waals surface area contributed by atoms with Crippen molar-refractivity contribution in [1.82, 2.24) is 47.9 Å². The Morgan fingerprint density at radius 2 is 1.12 bits per heavy atom. The second-order valence-corrected chi connectivity index (χ2v) is 18.4. The fourth-order valence-electron chi connectivity index (χ4n) is 6.95. The predicted octanol–water partition coefficient (Wildman–Crippen LogP) is -8.04. The Morgan fingerprint density at radius 3 is 1.64 bits per heavy atom. The molecule has 0 spiro atoms. The van der Waals surface area contributed by atoms with Gasteiger partial charge in [0.05, 0.1) is 38.1 Å². The number of carboxylic acid groups (broad SMARTS) is 3. The summed E-state index contributed by atoms with van der Waals surface area (Å²) in [5.41, 5.74) is 22.0. The number of benzene rings is 1. The SMILES string of the molecule is CC[C@H](C)[C@H](NC(=O)[C@H](CCCN=C(N)N)NC(=O)[C@H](CCC(=O)O)NC(=O)[C@H](CS)NC(=O)[C@@H](N)CC(=O)O)C(=O)NCC(=O)N[C@H](C(=O)N[C@@H](CO)C(=O)N[C@@H](CC(N)=O)C(=O)N[C@@H](Cc1ccc(O)cc1)C(=O)O)[C@@H](C)O. The fourth-order valence-corrected chi connectivity index (χ4v) is 7.21. The van der Waals surface area contributed by atoms with Crippen molar-refractivity contribution in [3.8, 4) is 5.75 Å². The number of amides is 10. The summed E-state index contributed by atoms with van der Waals surface area (Å²) in [4.78, 5) is 171. The molecular weight excluding hydrogens is 1080 g/mol. The van der Waals surface area contributed by atoms with Crippen molar-refractivity contribution in [2.24, 2.45) is 33.8 Å². The minimum absolute atomic E-state index is 0.0146. The highest BCUT2D eigenvalue weighted by atomic mass is 32.1. The molecule has 34 heteroatoms. The summed E-state index contributed by atoms with van der Waals surface area (Å²) in [5, 5.41) is 78.3. The number of aliphatic hydroxyl groups excluding tert-OH is 2. The molecule has 0 unspecified atom stereocenters. The van der Waals surface area contributed by atoms with Crippen LogP contribution in [-0.2, 0) is 68.7 Å². The lowest BCUT2D eigenvalue weighted by Gasteiger charge is -2.28. The maximum Gasteiger partial charge on any atom is 0.326 e. The van der Waals surface area contributed by atoms with Gasteiger partial charge in [0, 0.05) is 25.1 Å². The molecule has 1 rings (SSSR count). The molecule has 0 saturated heterocycles. The topological polar surface area (TPSA) is 568 Å². The highest BCUT2D eigenvalue weighted by Gasteiger charge is 2.36. The summed E-state index contributed by atoms with van der Waals surface area (Å²) < 4.78 is 0. The van der Waals surface area contributed by atoms with Crippen molar-refractivity contribution in [3.63, 3.8) is 0 Å². The molecule has 0 aliphatic rings. The van der Waals surface area contributed by atoms with Gasteiger partial charge in [0.1, 0.15) is 54.1 Å². The fraction of sp³-hybridized carbons (Fsp3) is 0.565. The summed E-state index contributed by atoms with van der Waals surface area (Å²) in [6, 6.07) is -9.79. The molecule has 0 saturated carbocycles. The van der Waals surface area contributed by atoms with Gasteiger partial charge in [0.25, 0.3) is 0 Å². The zero-order valence-corrected chi connectivity index (χ0v) is 44.7. The van der Waals surface area contributed by atoms with Crippen LogP contribution in [-0.4, -0.2) is 200 Å². The number of hydrogen-bond acceptors (Lipinski definition) is 19. The summed E-state index contributed by atoms with van der Waals surface area (Å²) in [7, 11) is 0. The van der Waals surface area contributed by atoms with Gasteiger partial charge in [-0.15, -0.1) is 0 Å². The van der Waals surface area contributed by atoms with Gasteiger partial charge in [0.2, 0.25) is 59.1 Å². The minimum Gasteiger partial charge on any atom is -0.508 e. The number of aliphatic hydroxyl groups is 2. The summed E-state index contributed by atoms with van der Waals surface area (Å²) in [5.74, 6) is -17.2. The number of carboxylic acids is 3. The maximum absolute atomic E-state index is 14.0. The first-order valence-corrected chi connectivity index (χ1v) is 25.2. The minimum atomic E-state index is -1.94. The number of rotatable bonds is 37. The average Bonchev–Trinajstić information content (AvgIpc) is 3.38. The van der Waals surface area contributed by atoms with Gasteiger partial charge >= 0.3 is 17.9 Å². The van der Waals surface area contributed by atoms with E-state index in [-0.39, 0.29) is 43.9 Å². The molecular formula is C46H72N14O19S. The number of aliphatic imine (C=N–C) groups is 1. The van der Waals surface area contributed by atoms with Crippen molar-refractivity contribution in [2.75, 3.05) is 25.4 Å². The third-order valence-corrected chi connectivity index (χ3v) is 11.9. The van der Waals surface area contributed by atoms with E-state index in [4.69, 9.17) is 28.0 Å². The molecule has 1 aromatic rings. The number of hydrogen-bond donors (Lipinski definition) is 20. The van der Waals surface area contributed by atoms with Gasteiger partial charge in [-0.25, -0.2) is 4.79 Å². The normalized spacial score (nSPS) is 15.0. The highest BCUT2D eigenvalue weighted by molar-refractivity contribution is 7.80. The van der Waals surface area contributed by atoms with Crippen molar-refractivity contribution < 1.29 is 93.0 Å². The van der Waals surface area contributed by atoms with Crippen LogP contribution >= 0.6 is 12.6 Å². The maximum atomic E-state index is 14.0. The van der Waals surface area contributed by atoms with Crippen LogP contribution in [0.25, 0.3) is 0 Å². The number of aliphatic carboxylic acids is 3. The summed E-state index contributed by atoms with van der Waals surface area (Å²) in [6.07, 6.45) is -4.96. The van der Waals surface area contributed by atoms with E-state index >= 15 is 0 Å². The monoisotopic (exact) mass is 1160 g/mol. The van der Waals surface area contributed by atoms with Gasteiger partial charge in [-0.2, -0.15) is 12.6 Å². The van der Waals surface area contributed by atoms with E-state index in [0.717, 1.165) is 6.92 Å². The smallest absolute Gasteiger partial charge is 0.326 e. The van der Waals surface area contributed by atoms with Gasteiger partial charge in [-0.1, -0.05) is 32.4 Å². The van der Waals surface area contributed by atoms with Crippen molar-refractivity contribution >= 4 is 95.6 Å². The standard InChI is InChI=1S/C46H72N14O19S/c1-4-20(2)35(60-39(72)25(6-5-13-51-46(49)50)53-38(71)26(11-12-33(66)67)54-42(75)30(19-80)58-37(70)24(47)15-34(68)69)43(76)52-17-32(65)59-36(21(3)62)44(77)57-29(18-61)41(74)55-27(16-31(48)64)40(73)56-28(45(78)79)14-22-7-9-23(63)10-8-22/h7-10,20-21,24-30,35-36,61-63,80H,4-6,11-19,47H2,1-3H3,(H2,48,64)(H,52,76)(H,53,71)(H,54,75)(H,55,74)(H,56,73)(H,57,77)(H,58,70)(H,59,65)(H,60,72)(H,66,67)(H,68,69)(H,78,79)(H4,49,50,51)/t20-,21+,24-,25-,26-,27-,28-,29-,30-,35-,36-/m0/s1. The quantitative estimate of drug-likeness (QED) is 0.0127.